The standard InChI is InChI=1S/C49H48O7Si/c1-49(2,3)57(4,5)56-48-46(50)45-43(54-34-38-24-16-9-17-25-38)29-40(51-31-35-18-10-6-11-19-35)30-44(45)55-47(48)39-26-27-41(52-32-36-20-12-7-13-21-36)42(28-39)53-33-37-22-14-8-15-23-37/h6-30H,31-34H2,1-5H3. The first kappa shape index (κ1) is 39.0. The van der Waals surface area contributed by atoms with E-state index in [0.717, 1.165) is 22.3 Å². The molecule has 7 aromatic rings. The summed E-state index contributed by atoms with van der Waals surface area (Å²) in [5, 5.41) is 0.0609. The van der Waals surface area contributed by atoms with Gasteiger partial charge in [-0.1, -0.05) is 142 Å². The number of hydrogen-bond donors (Lipinski definition) is 0. The highest BCUT2D eigenvalue weighted by Crippen LogP contribution is 2.43. The largest absolute Gasteiger partial charge is 0.538 e. The molecular formula is C49H48O7Si. The van der Waals surface area contributed by atoms with Crippen LogP contribution in [0.3, 0.4) is 0 Å². The third-order valence-corrected chi connectivity index (χ3v) is 14.5. The average molecular weight is 777 g/mol. The van der Waals surface area contributed by atoms with Gasteiger partial charge in [-0.05, 0) is 58.6 Å². The number of fused-ring (bicyclic) bond motifs is 1. The summed E-state index contributed by atoms with van der Waals surface area (Å²) in [5.74, 6) is 2.31. The number of benzene rings is 6. The summed E-state index contributed by atoms with van der Waals surface area (Å²) in [7, 11) is -2.59. The van der Waals surface area contributed by atoms with E-state index in [4.69, 9.17) is 27.8 Å². The van der Waals surface area contributed by atoms with Crippen molar-refractivity contribution in [1.82, 2.24) is 0 Å². The number of hydrogen-bond acceptors (Lipinski definition) is 7. The summed E-state index contributed by atoms with van der Waals surface area (Å²) in [6.45, 7) is 11.9. The van der Waals surface area contributed by atoms with Gasteiger partial charge in [0.2, 0.25) is 5.43 Å². The lowest BCUT2D eigenvalue weighted by Gasteiger charge is -2.36. The number of rotatable bonds is 15. The smallest absolute Gasteiger partial charge is 0.250 e. The van der Waals surface area contributed by atoms with E-state index >= 15 is 4.79 Å². The fourth-order valence-corrected chi connectivity index (χ4v) is 6.96. The molecule has 0 unspecified atom stereocenters. The highest BCUT2D eigenvalue weighted by Gasteiger charge is 2.41. The van der Waals surface area contributed by atoms with Crippen molar-refractivity contribution in [2.45, 2.75) is 65.3 Å². The zero-order valence-electron chi connectivity index (χ0n) is 33.1. The molecule has 8 heteroatoms. The quantitative estimate of drug-likeness (QED) is 0.0960. The van der Waals surface area contributed by atoms with E-state index in [-0.39, 0.29) is 34.0 Å². The average Bonchev–Trinajstić information content (AvgIpc) is 3.22. The van der Waals surface area contributed by atoms with Crippen LogP contribution in [-0.2, 0) is 26.4 Å². The van der Waals surface area contributed by atoms with Crippen LogP contribution >= 0.6 is 0 Å². The Morgan fingerprint density at radius 1 is 0.526 bits per heavy atom. The molecule has 0 aliphatic carbocycles. The maximum atomic E-state index is 15.0. The molecule has 0 saturated carbocycles. The van der Waals surface area contributed by atoms with Crippen molar-refractivity contribution in [3.63, 3.8) is 0 Å². The minimum Gasteiger partial charge on any atom is -0.538 e. The third-order valence-electron chi connectivity index (χ3n) is 10.2. The summed E-state index contributed by atoms with van der Waals surface area (Å²) in [4.78, 5) is 15.0. The van der Waals surface area contributed by atoms with Crippen LogP contribution < -0.4 is 28.8 Å². The van der Waals surface area contributed by atoms with E-state index in [1.54, 1.807) is 12.1 Å². The summed E-state index contributed by atoms with van der Waals surface area (Å²) in [5.41, 5.74) is 4.56. The zero-order valence-corrected chi connectivity index (χ0v) is 34.1. The minimum absolute atomic E-state index is 0.128. The zero-order chi connectivity index (χ0) is 39.8. The molecule has 7 nitrogen and oxygen atoms in total. The van der Waals surface area contributed by atoms with Gasteiger partial charge in [-0.15, -0.1) is 0 Å². The minimum atomic E-state index is -2.59. The molecule has 1 aromatic heterocycles. The van der Waals surface area contributed by atoms with Gasteiger partial charge in [0.05, 0.1) is 0 Å². The van der Waals surface area contributed by atoms with E-state index < -0.39 is 8.32 Å². The Balaban J connectivity index is 1.37. The Morgan fingerprint density at radius 3 is 1.47 bits per heavy atom. The van der Waals surface area contributed by atoms with Crippen molar-refractivity contribution in [1.29, 1.82) is 0 Å². The molecule has 0 N–H and O–H groups in total. The molecule has 0 bridgehead atoms. The molecule has 0 aliphatic rings. The topological polar surface area (TPSA) is 76.4 Å². The second kappa shape index (κ2) is 17.3. The van der Waals surface area contributed by atoms with E-state index in [2.05, 4.69) is 33.9 Å². The van der Waals surface area contributed by atoms with Crippen LogP contribution in [0.1, 0.15) is 43.0 Å². The predicted octanol–water partition coefficient (Wildman–Crippen LogP) is 12.2. The van der Waals surface area contributed by atoms with Gasteiger partial charge >= 0.3 is 0 Å². The van der Waals surface area contributed by atoms with Crippen LogP contribution in [0.2, 0.25) is 18.1 Å². The first-order valence-corrected chi connectivity index (χ1v) is 22.1. The van der Waals surface area contributed by atoms with E-state index in [0.29, 0.717) is 54.0 Å². The molecule has 0 saturated heterocycles. The number of ether oxygens (including phenoxy) is 4. The van der Waals surface area contributed by atoms with Crippen LogP contribution in [0, 0.1) is 0 Å². The Kier molecular flexibility index (Phi) is 11.8. The lowest BCUT2D eigenvalue weighted by molar-refractivity contribution is 0.256. The Morgan fingerprint density at radius 2 is 0.982 bits per heavy atom. The fourth-order valence-electron chi connectivity index (χ4n) is 5.96. The Bertz CT molecular complexity index is 2460. The molecule has 7 rings (SSSR count). The molecule has 0 aliphatic heterocycles. The summed E-state index contributed by atoms with van der Waals surface area (Å²) < 4.78 is 39.3. The van der Waals surface area contributed by atoms with Gasteiger partial charge in [-0.2, -0.15) is 0 Å². The lowest BCUT2D eigenvalue weighted by Crippen LogP contribution is -2.45. The molecular weight excluding hydrogens is 729 g/mol. The second-order valence-electron chi connectivity index (χ2n) is 15.5. The Hall–Kier alpha value is -6.25. The molecule has 6 aromatic carbocycles. The highest BCUT2D eigenvalue weighted by molar-refractivity contribution is 6.74. The van der Waals surface area contributed by atoms with Gasteiger partial charge in [-0.3, -0.25) is 4.79 Å². The lowest BCUT2D eigenvalue weighted by atomic mass is 10.1. The van der Waals surface area contributed by atoms with Crippen molar-refractivity contribution in [3.05, 3.63) is 184 Å². The second-order valence-corrected chi connectivity index (χ2v) is 20.2. The maximum Gasteiger partial charge on any atom is 0.250 e. The van der Waals surface area contributed by atoms with Gasteiger partial charge in [0.25, 0.3) is 8.32 Å². The van der Waals surface area contributed by atoms with Crippen LogP contribution in [0.5, 0.6) is 28.7 Å². The molecule has 0 fully saturated rings. The summed E-state index contributed by atoms with van der Waals surface area (Å²) >= 11 is 0. The van der Waals surface area contributed by atoms with Crippen molar-refractivity contribution < 1.29 is 27.8 Å². The maximum absolute atomic E-state index is 15.0. The first-order chi connectivity index (χ1) is 27.5. The molecule has 0 radical (unpaired) electrons. The molecule has 1 heterocycles. The summed E-state index contributed by atoms with van der Waals surface area (Å²) in [6, 6.07) is 48.8. The molecule has 0 atom stereocenters. The van der Waals surface area contributed by atoms with Crippen LogP contribution in [0.4, 0.5) is 0 Å². The first-order valence-electron chi connectivity index (χ1n) is 19.2. The third kappa shape index (κ3) is 9.59. The fraction of sp³-hybridized carbons (Fsp3) is 0.204. The van der Waals surface area contributed by atoms with Crippen molar-refractivity contribution in [3.8, 4) is 40.1 Å². The van der Waals surface area contributed by atoms with Crippen LogP contribution in [0.15, 0.2) is 161 Å². The van der Waals surface area contributed by atoms with E-state index in [1.165, 1.54) is 0 Å². The summed E-state index contributed by atoms with van der Waals surface area (Å²) in [6.07, 6.45) is 0. The highest BCUT2D eigenvalue weighted by atomic mass is 28.4. The van der Waals surface area contributed by atoms with Gasteiger partial charge in [0.15, 0.2) is 23.0 Å². The monoisotopic (exact) mass is 776 g/mol. The van der Waals surface area contributed by atoms with Crippen molar-refractivity contribution in [2.24, 2.45) is 0 Å². The van der Waals surface area contributed by atoms with E-state index in [1.807, 2.05) is 140 Å². The van der Waals surface area contributed by atoms with Crippen LogP contribution in [-0.4, -0.2) is 8.32 Å². The molecule has 290 valence electrons. The van der Waals surface area contributed by atoms with Crippen molar-refractivity contribution >= 4 is 19.3 Å². The normalized spacial score (nSPS) is 11.6. The predicted molar refractivity (Wildman–Crippen MR) is 229 cm³/mol. The molecule has 0 spiro atoms. The SMILES string of the molecule is CC(C)(C)[Si](C)(C)Oc1c(-c2ccc(OCc3ccccc3)c(OCc3ccccc3)c2)oc2cc(OCc3ccccc3)cc(OCc3ccccc3)c2c1=O. The molecule has 0 amide bonds. The molecule has 57 heavy (non-hydrogen) atoms. The van der Waals surface area contributed by atoms with Crippen molar-refractivity contribution in [2.75, 3.05) is 0 Å². The van der Waals surface area contributed by atoms with Gasteiger partial charge in [0.1, 0.15) is 48.9 Å². The Labute approximate surface area is 335 Å². The van der Waals surface area contributed by atoms with Gasteiger partial charge < -0.3 is 27.8 Å². The van der Waals surface area contributed by atoms with E-state index in [9.17, 15) is 0 Å². The van der Waals surface area contributed by atoms with Gasteiger partial charge in [-0.25, -0.2) is 0 Å². The van der Waals surface area contributed by atoms with Gasteiger partial charge in [0, 0.05) is 17.7 Å². The van der Waals surface area contributed by atoms with Crippen LogP contribution in [0.25, 0.3) is 22.3 Å².